The Kier molecular flexibility index (Phi) is 10.9. The van der Waals surface area contributed by atoms with Crippen LogP contribution in [-0.2, 0) is 0 Å². The van der Waals surface area contributed by atoms with Gasteiger partial charge in [-0.05, 0) is 124 Å². The van der Waals surface area contributed by atoms with Crippen molar-refractivity contribution in [3.63, 3.8) is 0 Å². The molecule has 0 saturated heterocycles. The average molecular weight is 981 g/mol. The number of halogens is 2. The van der Waals surface area contributed by atoms with E-state index in [1.54, 1.807) is 6.07 Å². The number of carbonyl (C=O) groups excluding carboxylic acids is 1. The minimum absolute atomic E-state index is 0.546. The number of carbonyl (C=O) groups is 1. The van der Waals surface area contributed by atoms with Gasteiger partial charge in [0.1, 0.15) is 11.2 Å². The van der Waals surface area contributed by atoms with Crippen LogP contribution in [0.3, 0.4) is 0 Å². The van der Waals surface area contributed by atoms with Crippen LogP contribution in [0.1, 0.15) is 66.3 Å². The van der Waals surface area contributed by atoms with Crippen molar-refractivity contribution in [3.8, 4) is 11.3 Å². The van der Waals surface area contributed by atoms with Crippen molar-refractivity contribution in [3.05, 3.63) is 198 Å². The van der Waals surface area contributed by atoms with E-state index >= 15 is 0 Å². The van der Waals surface area contributed by atoms with Crippen molar-refractivity contribution in [2.24, 2.45) is 4.99 Å². The number of hydrogen-bond acceptors (Lipinski definition) is 4. The Balaban J connectivity index is 0.000000127. The molecule has 6 heterocycles. The van der Waals surface area contributed by atoms with E-state index in [1.807, 2.05) is 42.5 Å². The molecule has 320 valence electrons. The van der Waals surface area contributed by atoms with Crippen LogP contribution in [0, 0.1) is 41.5 Å². The second-order valence-corrected chi connectivity index (χ2v) is 18.7. The fourth-order valence-corrected chi connectivity index (χ4v) is 10.2. The molecule has 1 aliphatic rings. The molecule has 0 unspecified atom stereocenters. The number of fused-ring (bicyclic) bond motifs is 8. The molecule has 1 aliphatic heterocycles. The zero-order chi connectivity index (χ0) is 45.1. The molecule has 9 heteroatoms. The lowest BCUT2D eigenvalue weighted by atomic mass is 9.92. The lowest BCUT2D eigenvalue weighted by Gasteiger charge is -2.12. The highest BCUT2D eigenvalue weighted by Crippen LogP contribution is 2.38. The van der Waals surface area contributed by atoms with Gasteiger partial charge in [0.05, 0.1) is 33.8 Å². The number of benzene rings is 6. The number of nitrogens with zero attached hydrogens (tertiary/aromatic N) is 1. The highest BCUT2D eigenvalue weighted by atomic mass is 79.9. The summed E-state index contributed by atoms with van der Waals surface area (Å²) in [5, 5.41) is 4.62. The Morgan fingerprint density at radius 3 is 1.69 bits per heavy atom. The van der Waals surface area contributed by atoms with Crippen molar-refractivity contribution in [2.45, 2.75) is 41.5 Å². The number of hydrogen-bond donors (Lipinski definition) is 3. The van der Waals surface area contributed by atoms with Crippen LogP contribution in [0.4, 0.5) is 0 Å². The number of aldehydes is 1. The maximum absolute atomic E-state index is 10.5. The fraction of sp³-hybridized carbons (Fsp3) is 0.107. The van der Waals surface area contributed by atoms with Crippen LogP contribution in [0.2, 0.25) is 0 Å². The molecule has 65 heavy (non-hydrogen) atoms. The van der Waals surface area contributed by atoms with E-state index < -0.39 is 0 Å². The van der Waals surface area contributed by atoms with Gasteiger partial charge >= 0.3 is 0 Å². The van der Waals surface area contributed by atoms with Crippen molar-refractivity contribution < 1.29 is 13.6 Å². The molecule has 0 spiro atoms. The minimum atomic E-state index is 0.546. The van der Waals surface area contributed by atoms with E-state index in [-0.39, 0.29) is 0 Å². The van der Waals surface area contributed by atoms with E-state index in [2.05, 4.69) is 173 Å². The third-order valence-electron chi connectivity index (χ3n) is 12.0. The number of rotatable bonds is 4. The summed E-state index contributed by atoms with van der Waals surface area (Å²) in [6.45, 7) is 13.0. The molecule has 0 radical (unpaired) electrons. The monoisotopic (exact) mass is 978 g/mol. The summed E-state index contributed by atoms with van der Waals surface area (Å²) >= 11 is 7.21. The van der Waals surface area contributed by atoms with Gasteiger partial charge in [-0.1, -0.05) is 104 Å². The quantitative estimate of drug-likeness (QED) is 0.153. The molecule has 6 aromatic carbocycles. The number of nitrogens with one attached hydrogen (secondary N) is 3. The second kappa shape index (κ2) is 16.9. The first-order valence-corrected chi connectivity index (χ1v) is 23.0. The lowest BCUT2D eigenvalue weighted by molar-refractivity contribution is 0.111. The number of aromatic amines is 3. The predicted molar refractivity (Wildman–Crippen MR) is 275 cm³/mol. The fourth-order valence-electron chi connectivity index (χ4n) is 9.43. The summed E-state index contributed by atoms with van der Waals surface area (Å²) in [5.41, 5.74) is 22.5. The molecule has 0 fully saturated rings. The summed E-state index contributed by atoms with van der Waals surface area (Å²) < 4.78 is 13.7. The minimum Gasteiger partial charge on any atom is -0.454 e. The summed E-state index contributed by atoms with van der Waals surface area (Å²) in [6.07, 6.45) is 4.98. The largest absolute Gasteiger partial charge is 0.454 e. The molecule has 0 bridgehead atoms. The number of furan rings is 2. The zero-order valence-electron chi connectivity index (χ0n) is 36.7. The van der Waals surface area contributed by atoms with E-state index in [9.17, 15) is 4.79 Å². The van der Waals surface area contributed by atoms with E-state index in [0.717, 1.165) is 87.6 Å². The lowest BCUT2D eigenvalue weighted by Crippen LogP contribution is -2.06. The second-order valence-electron chi connectivity index (χ2n) is 16.9. The van der Waals surface area contributed by atoms with Gasteiger partial charge in [-0.25, -0.2) is 4.99 Å². The van der Waals surface area contributed by atoms with Gasteiger partial charge in [-0.3, -0.25) is 4.79 Å². The summed E-state index contributed by atoms with van der Waals surface area (Å²) in [5.74, 6) is 0. The van der Waals surface area contributed by atoms with Crippen LogP contribution in [0.15, 0.2) is 150 Å². The van der Waals surface area contributed by atoms with E-state index in [0.29, 0.717) is 5.69 Å². The molecular weight excluding hydrogens is 936 g/mol. The Bertz CT molecular complexity index is 3690. The maximum Gasteiger partial charge on any atom is 0.166 e. The Hall–Kier alpha value is -6.94. The normalized spacial score (nSPS) is 12.8. The molecule has 0 aliphatic carbocycles. The molecule has 3 N–H and O–H groups in total. The summed E-state index contributed by atoms with van der Waals surface area (Å²) in [4.78, 5) is 25.6. The van der Waals surface area contributed by atoms with Crippen molar-refractivity contribution in [2.75, 3.05) is 0 Å². The standard InChI is InChI=1S/C28H21BrN2O.C17H16BrN.C11H7NO2/c1-15-10-16(2)26(17(3)11-15)28-22-12-18(29)8-9-20(22)23(31-28)13-19-14-25-27(30-19)21-6-4-5-7-24(21)32-25;1-10-6-11(2)16(12(3)7-10)17-15-8-14(18)5-4-13(15)9-19-17;13-6-7-5-10-11(12-7)8-3-1-2-4-9(8)14-10/h4-14,30H,1-3H3;4-9,19H,1-3H3;1-6,12H. The number of aryl methyl sites for hydroxylation is 6. The Labute approximate surface area is 392 Å². The third-order valence-corrected chi connectivity index (χ3v) is 13.0. The first kappa shape index (κ1) is 42.0. The number of para-hydroxylation sites is 2. The van der Waals surface area contributed by atoms with Crippen molar-refractivity contribution in [1.82, 2.24) is 15.0 Å². The van der Waals surface area contributed by atoms with Crippen LogP contribution < -0.4 is 0 Å². The van der Waals surface area contributed by atoms with Crippen molar-refractivity contribution >= 4 is 111 Å². The third kappa shape index (κ3) is 7.89. The molecule has 12 rings (SSSR count). The number of aliphatic imine (C=N–C) groups is 1. The molecule has 0 amide bonds. The van der Waals surface area contributed by atoms with Gasteiger partial charge in [0.2, 0.25) is 0 Å². The average Bonchev–Trinajstić information content (AvgIpc) is 4.12. The molecule has 11 aromatic rings. The smallest absolute Gasteiger partial charge is 0.166 e. The summed E-state index contributed by atoms with van der Waals surface area (Å²) in [6, 6.07) is 41.3. The van der Waals surface area contributed by atoms with Gasteiger partial charge in [-0.15, -0.1) is 0 Å². The SMILES string of the molecule is Cc1cc(C)c(-c2[nH]cc3ccc(Br)cc23)c(C)c1.Cc1cc(C)c(C2=NC(=Cc3cc4oc5ccccc5c4[nH]3)c3ccc(Br)cc32)c(C)c1.O=Cc1cc2oc3ccccc3c2[nH]1. The number of H-pyrrole nitrogens is 3. The topological polar surface area (TPSA) is 103 Å². The van der Waals surface area contributed by atoms with Gasteiger partial charge < -0.3 is 23.8 Å². The molecular formula is C56H44Br2N4O3. The van der Waals surface area contributed by atoms with Gasteiger partial charge in [0.15, 0.2) is 17.5 Å². The van der Waals surface area contributed by atoms with Crippen LogP contribution in [-0.4, -0.2) is 26.9 Å². The zero-order valence-corrected chi connectivity index (χ0v) is 39.9. The van der Waals surface area contributed by atoms with Crippen molar-refractivity contribution in [1.29, 1.82) is 0 Å². The molecule has 0 saturated carbocycles. The molecule has 5 aromatic heterocycles. The first-order valence-electron chi connectivity index (χ1n) is 21.4. The van der Waals surface area contributed by atoms with Gasteiger partial charge in [0, 0.05) is 71.4 Å². The van der Waals surface area contributed by atoms with E-state index in [4.69, 9.17) is 13.8 Å². The van der Waals surface area contributed by atoms with Crippen LogP contribution in [0.25, 0.3) is 77.9 Å². The Morgan fingerprint density at radius 1 is 0.538 bits per heavy atom. The van der Waals surface area contributed by atoms with Gasteiger partial charge in [-0.2, -0.15) is 0 Å². The summed E-state index contributed by atoms with van der Waals surface area (Å²) in [7, 11) is 0. The number of aromatic nitrogens is 3. The highest BCUT2D eigenvalue weighted by molar-refractivity contribution is 9.10. The van der Waals surface area contributed by atoms with Crippen LogP contribution in [0.5, 0.6) is 0 Å². The van der Waals surface area contributed by atoms with Gasteiger partial charge in [0.25, 0.3) is 0 Å². The van der Waals surface area contributed by atoms with E-state index in [1.165, 1.54) is 61.0 Å². The molecule has 0 atom stereocenters. The molecule has 7 nitrogen and oxygen atoms in total. The van der Waals surface area contributed by atoms with Crippen LogP contribution >= 0.6 is 31.9 Å². The predicted octanol–water partition coefficient (Wildman–Crippen LogP) is 16.2. The first-order chi connectivity index (χ1) is 31.4. The maximum atomic E-state index is 10.5. The Morgan fingerprint density at radius 2 is 1.08 bits per heavy atom. The highest BCUT2D eigenvalue weighted by Gasteiger charge is 2.25.